The lowest BCUT2D eigenvalue weighted by atomic mass is 10.3. The average molecular weight is 269 g/mol. The van der Waals surface area contributed by atoms with Gasteiger partial charge in [-0.1, -0.05) is 17.7 Å². The molecule has 0 atom stereocenters. The molecule has 0 aliphatic heterocycles. The minimum absolute atomic E-state index is 0.776. The Morgan fingerprint density at radius 3 is 2.89 bits per heavy atom. The van der Waals surface area contributed by atoms with E-state index in [-0.39, 0.29) is 0 Å². The van der Waals surface area contributed by atoms with E-state index in [1.807, 2.05) is 24.3 Å². The number of rotatable bonds is 8. The van der Waals surface area contributed by atoms with Crippen LogP contribution in [0.2, 0.25) is 5.02 Å². The van der Waals surface area contributed by atoms with Crippen LogP contribution in [0.25, 0.3) is 0 Å². The maximum Gasteiger partial charge on any atom is 0.0589 e. The molecule has 3 nitrogen and oxygen atoms in total. The van der Waals surface area contributed by atoms with Crippen molar-refractivity contribution < 1.29 is 4.74 Å². The number of nitrogens with zero attached hydrogens (tertiary/aromatic N) is 1. The quantitative estimate of drug-likeness (QED) is 0.785. The van der Waals surface area contributed by atoms with Crippen molar-refractivity contribution in [3.8, 4) is 0 Å². The van der Waals surface area contributed by atoms with Crippen molar-refractivity contribution in [2.24, 2.45) is 0 Å². The Balaban J connectivity index is 1.72. The average Bonchev–Trinajstić information content (AvgIpc) is 3.18. The van der Waals surface area contributed by atoms with E-state index in [9.17, 15) is 0 Å². The molecule has 0 aromatic heterocycles. The predicted octanol–water partition coefficient (Wildman–Crippen LogP) is 2.86. The number of halogens is 1. The van der Waals surface area contributed by atoms with Gasteiger partial charge in [0, 0.05) is 43.5 Å². The molecule has 0 radical (unpaired) electrons. The van der Waals surface area contributed by atoms with Gasteiger partial charge in [0.05, 0.1) is 6.61 Å². The summed E-state index contributed by atoms with van der Waals surface area (Å²) >= 11 is 5.95. The Bertz CT molecular complexity index is 369. The van der Waals surface area contributed by atoms with Gasteiger partial charge in [0.2, 0.25) is 0 Å². The van der Waals surface area contributed by atoms with Crippen molar-refractivity contribution >= 4 is 17.3 Å². The highest BCUT2D eigenvalue weighted by molar-refractivity contribution is 6.30. The molecule has 0 bridgehead atoms. The number of benzene rings is 1. The third kappa shape index (κ3) is 4.48. The molecule has 4 heteroatoms. The third-order valence-corrected chi connectivity index (χ3v) is 3.43. The molecule has 2 rings (SSSR count). The first-order chi connectivity index (χ1) is 8.79. The van der Waals surface area contributed by atoms with E-state index in [4.69, 9.17) is 16.3 Å². The van der Waals surface area contributed by atoms with Gasteiger partial charge in [-0.2, -0.15) is 0 Å². The van der Waals surface area contributed by atoms with Gasteiger partial charge in [-0.25, -0.2) is 0 Å². The molecule has 1 N–H and O–H groups in total. The number of ether oxygens (including phenoxy) is 1. The van der Waals surface area contributed by atoms with Crippen molar-refractivity contribution in [2.45, 2.75) is 18.9 Å². The number of nitrogens with one attached hydrogen (secondary N) is 1. The summed E-state index contributed by atoms with van der Waals surface area (Å²) in [5.41, 5.74) is 1.09. The maximum absolute atomic E-state index is 5.95. The first-order valence-electron chi connectivity index (χ1n) is 6.52. The Hall–Kier alpha value is -0.770. The smallest absolute Gasteiger partial charge is 0.0589 e. The zero-order valence-corrected chi connectivity index (χ0v) is 11.6. The van der Waals surface area contributed by atoms with Crippen LogP contribution in [0.1, 0.15) is 12.8 Å². The molecule has 1 aromatic rings. The second-order valence-corrected chi connectivity index (χ2v) is 5.13. The lowest BCUT2D eigenvalue weighted by Crippen LogP contribution is -2.33. The second kappa shape index (κ2) is 6.98. The standard InChI is InChI=1S/C14H21ClN2O/c1-18-10-9-17(14-5-6-14)8-7-16-13-4-2-3-12(15)11-13/h2-4,11,14,16H,5-10H2,1H3. The summed E-state index contributed by atoms with van der Waals surface area (Å²) in [4.78, 5) is 2.50. The number of hydrogen-bond acceptors (Lipinski definition) is 3. The van der Waals surface area contributed by atoms with Gasteiger partial charge in [-0.15, -0.1) is 0 Å². The highest BCUT2D eigenvalue weighted by Gasteiger charge is 2.27. The molecule has 0 unspecified atom stereocenters. The zero-order valence-electron chi connectivity index (χ0n) is 10.9. The largest absolute Gasteiger partial charge is 0.384 e. The van der Waals surface area contributed by atoms with Crippen LogP contribution >= 0.6 is 11.6 Å². The minimum Gasteiger partial charge on any atom is -0.384 e. The Morgan fingerprint density at radius 2 is 2.22 bits per heavy atom. The van der Waals surface area contributed by atoms with E-state index in [0.717, 1.165) is 43.0 Å². The molecule has 100 valence electrons. The molecular weight excluding hydrogens is 248 g/mol. The summed E-state index contributed by atoms with van der Waals surface area (Å²) in [5.74, 6) is 0. The number of hydrogen-bond donors (Lipinski definition) is 1. The van der Waals surface area contributed by atoms with Crippen LogP contribution in [0, 0.1) is 0 Å². The minimum atomic E-state index is 0.776. The fraction of sp³-hybridized carbons (Fsp3) is 0.571. The molecule has 1 saturated carbocycles. The fourth-order valence-electron chi connectivity index (χ4n) is 2.07. The van der Waals surface area contributed by atoms with Crippen molar-refractivity contribution in [3.05, 3.63) is 29.3 Å². The van der Waals surface area contributed by atoms with E-state index in [2.05, 4.69) is 10.2 Å². The summed E-state index contributed by atoms with van der Waals surface area (Å²) < 4.78 is 5.15. The Morgan fingerprint density at radius 1 is 1.39 bits per heavy atom. The SMILES string of the molecule is COCCN(CCNc1cccc(Cl)c1)C1CC1. The normalized spacial score (nSPS) is 15.1. The van der Waals surface area contributed by atoms with E-state index in [0.29, 0.717) is 0 Å². The molecule has 0 saturated heterocycles. The summed E-state index contributed by atoms with van der Waals surface area (Å²) in [6.45, 7) is 3.84. The summed E-state index contributed by atoms with van der Waals surface area (Å²) in [5, 5.41) is 4.18. The van der Waals surface area contributed by atoms with Gasteiger partial charge in [-0.3, -0.25) is 4.90 Å². The van der Waals surface area contributed by atoms with E-state index in [1.165, 1.54) is 12.8 Å². The van der Waals surface area contributed by atoms with Crippen molar-refractivity contribution in [1.29, 1.82) is 0 Å². The molecule has 1 aliphatic rings. The van der Waals surface area contributed by atoms with Crippen LogP contribution < -0.4 is 5.32 Å². The van der Waals surface area contributed by atoms with E-state index >= 15 is 0 Å². The van der Waals surface area contributed by atoms with Crippen LogP contribution in [0.3, 0.4) is 0 Å². The van der Waals surface area contributed by atoms with Gasteiger partial charge in [0.25, 0.3) is 0 Å². The topological polar surface area (TPSA) is 24.5 Å². The lowest BCUT2D eigenvalue weighted by molar-refractivity contribution is 0.146. The van der Waals surface area contributed by atoms with Gasteiger partial charge in [-0.05, 0) is 31.0 Å². The zero-order chi connectivity index (χ0) is 12.8. The molecule has 1 fully saturated rings. The van der Waals surface area contributed by atoms with Gasteiger partial charge < -0.3 is 10.1 Å². The maximum atomic E-state index is 5.95. The van der Waals surface area contributed by atoms with E-state index in [1.54, 1.807) is 7.11 Å². The van der Waals surface area contributed by atoms with Crippen LogP contribution in [0.4, 0.5) is 5.69 Å². The van der Waals surface area contributed by atoms with Crippen LogP contribution in [-0.2, 0) is 4.74 Å². The van der Waals surface area contributed by atoms with Crippen LogP contribution in [-0.4, -0.2) is 44.3 Å². The first kappa shape index (κ1) is 13.7. The molecule has 1 aromatic carbocycles. The molecule has 1 aliphatic carbocycles. The molecule has 0 amide bonds. The molecule has 18 heavy (non-hydrogen) atoms. The van der Waals surface area contributed by atoms with Crippen molar-refractivity contribution in [2.75, 3.05) is 38.7 Å². The summed E-state index contributed by atoms with van der Waals surface area (Å²) in [6.07, 6.45) is 2.67. The van der Waals surface area contributed by atoms with Crippen LogP contribution in [0.15, 0.2) is 24.3 Å². The summed E-state index contributed by atoms with van der Waals surface area (Å²) in [6, 6.07) is 8.64. The van der Waals surface area contributed by atoms with Gasteiger partial charge in [0.15, 0.2) is 0 Å². The third-order valence-electron chi connectivity index (χ3n) is 3.20. The Labute approximate surface area is 114 Å². The monoisotopic (exact) mass is 268 g/mol. The highest BCUT2D eigenvalue weighted by Crippen LogP contribution is 2.26. The van der Waals surface area contributed by atoms with Gasteiger partial charge >= 0.3 is 0 Å². The lowest BCUT2D eigenvalue weighted by Gasteiger charge is -2.21. The van der Waals surface area contributed by atoms with Crippen molar-refractivity contribution in [1.82, 2.24) is 4.90 Å². The predicted molar refractivity (Wildman–Crippen MR) is 76.4 cm³/mol. The fourth-order valence-corrected chi connectivity index (χ4v) is 2.26. The molecule has 0 heterocycles. The first-order valence-corrected chi connectivity index (χ1v) is 6.90. The number of methoxy groups -OCH3 is 1. The van der Waals surface area contributed by atoms with Gasteiger partial charge in [0.1, 0.15) is 0 Å². The van der Waals surface area contributed by atoms with E-state index < -0.39 is 0 Å². The van der Waals surface area contributed by atoms with Crippen LogP contribution in [0.5, 0.6) is 0 Å². The highest BCUT2D eigenvalue weighted by atomic mass is 35.5. The summed E-state index contributed by atoms with van der Waals surface area (Å²) in [7, 11) is 1.76. The molecule has 0 spiro atoms. The number of anilines is 1. The Kier molecular flexibility index (Phi) is 5.29. The second-order valence-electron chi connectivity index (χ2n) is 4.70. The molecular formula is C14H21ClN2O. The van der Waals surface area contributed by atoms with Crippen molar-refractivity contribution in [3.63, 3.8) is 0 Å².